The van der Waals surface area contributed by atoms with Crippen LogP contribution in [0.25, 0.3) is 10.9 Å². The Hall–Kier alpha value is -1.24. The first-order chi connectivity index (χ1) is 9.67. The molecule has 0 saturated carbocycles. The van der Waals surface area contributed by atoms with Gasteiger partial charge in [-0.3, -0.25) is 4.99 Å². The topological polar surface area (TPSA) is 57.4 Å². The third-order valence-corrected chi connectivity index (χ3v) is 3.75. The minimum Gasteiger partial charge on any atom is -0.370 e. The second-order valence-electron chi connectivity index (χ2n) is 4.94. The van der Waals surface area contributed by atoms with Gasteiger partial charge in [-0.1, -0.05) is 18.2 Å². The van der Waals surface area contributed by atoms with Gasteiger partial charge in [-0.25, -0.2) is 0 Å². The number of aryl methyl sites for hydroxylation is 1. The Morgan fingerprint density at radius 2 is 1.90 bits per heavy atom. The lowest BCUT2D eigenvalue weighted by molar-refractivity contribution is 0.458. The van der Waals surface area contributed by atoms with Gasteiger partial charge in [0, 0.05) is 36.2 Å². The molecule has 0 amide bonds. The van der Waals surface area contributed by atoms with E-state index >= 15 is 0 Å². The van der Waals surface area contributed by atoms with Gasteiger partial charge < -0.3 is 15.6 Å². The zero-order chi connectivity index (χ0) is 14.5. The molecule has 0 unspecified atom stereocenters. The molecule has 0 aliphatic rings. The van der Waals surface area contributed by atoms with Crippen LogP contribution < -0.4 is 5.73 Å². The molecular formula is C16H25IN4. The fourth-order valence-corrected chi connectivity index (χ4v) is 2.59. The molecule has 4 nitrogen and oxygen atoms in total. The third kappa shape index (κ3) is 4.12. The molecule has 0 radical (unpaired) electrons. The second-order valence-corrected chi connectivity index (χ2v) is 4.94. The summed E-state index contributed by atoms with van der Waals surface area (Å²) in [5.41, 5.74) is 9.76. The zero-order valence-corrected chi connectivity index (χ0v) is 15.3. The number of nitrogens with one attached hydrogen (secondary N) is 1. The van der Waals surface area contributed by atoms with Crippen molar-refractivity contribution in [2.75, 3.05) is 19.6 Å². The first kappa shape index (κ1) is 17.8. The second kappa shape index (κ2) is 8.26. The minimum absolute atomic E-state index is 0. The average Bonchev–Trinajstić information content (AvgIpc) is 2.76. The van der Waals surface area contributed by atoms with Crippen LogP contribution in [0.3, 0.4) is 0 Å². The number of aliphatic imine (C=N–C) groups is 1. The number of H-pyrrole nitrogens is 1. The lowest BCUT2D eigenvalue weighted by atomic mass is 10.1. The summed E-state index contributed by atoms with van der Waals surface area (Å²) < 4.78 is 0. The Labute approximate surface area is 143 Å². The highest BCUT2D eigenvalue weighted by Crippen LogP contribution is 2.22. The number of rotatable bonds is 5. The summed E-state index contributed by atoms with van der Waals surface area (Å²) in [7, 11) is 0. The minimum atomic E-state index is 0. The maximum atomic E-state index is 6.00. The van der Waals surface area contributed by atoms with Crippen LogP contribution >= 0.6 is 24.0 Å². The highest BCUT2D eigenvalue weighted by Gasteiger charge is 2.07. The van der Waals surface area contributed by atoms with E-state index in [1.165, 1.54) is 22.2 Å². The Bertz CT molecular complexity index is 599. The number of aromatic amines is 1. The average molecular weight is 400 g/mol. The number of fused-ring (bicyclic) bond motifs is 1. The van der Waals surface area contributed by atoms with Crippen LogP contribution in [0.2, 0.25) is 0 Å². The maximum Gasteiger partial charge on any atom is 0.191 e. The van der Waals surface area contributed by atoms with E-state index in [1.54, 1.807) is 0 Å². The van der Waals surface area contributed by atoms with Crippen molar-refractivity contribution >= 4 is 40.8 Å². The highest BCUT2D eigenvalue weighted by atomic mass is 127. The molecule has 0 aliphatic carbocycles. The molecule has 0 saturated heterocycles. The number of para-hydroxylation sites is 1. The summed E-state index contributed by atoms with van der Waals surface area (Å²) in [6.07, 6.45) is 0.914. The van der Waals surface area contributed by atoms with Gasteiger partial charge in [0.2, 0.25) is 0 Å². The van der Waals surface area contributed by atoms with Gasteiger partial charge >= 0.3 is 0 Å². The van der Waals surface area contributed by atoms with E-state index in [0.717, 1.165) is 26.1 Å². The van der Waals surface area contributed by atoms with Crippen LogP contribution in [0.1, 0.15) is 25.1 Å². The summed E-state index contributed by atoms with van der Waals surface area (Å²) in [5, 5.41) is 1.29. The zero-order valence-electron chi connectivity index (χ0n) is 13.0. The van der Waals surface area contributed by atoms with Crippen molar-refractivity contribution in [1.29, 1.82) is 0 Å². The Kier molecular flexibility index (Phi) is 7.01. The largest absolute Gasteiger partial charge is 0.370 e. The normalized spacial score (nSPS) is 11.5. The van der Waals surface area contributed by atoms with E-state index in [-0.39, 0.29) is 24.0 Å². The number of hydrogen-bond acceptors (Lipinski definition) is 1. The van der Waals surface area contributed by atoms with Crippen LogP contribution in [0.5, 0.6) is 0 Å². The molecule has 1 aromatic carbocycles. The quantitative estimate of drug-likeness (QED) is 0.460. The van der Waals surface area contributed by atoms with Gasteiger partial charge in [0.1, 0.15) is 0 Å². The van der Waals surface area contributed by atoms with Gasteiger partial charge in [-0.05, 0) is 38.8 Å². The molecule has 0 fully saturated rings. The SMILES string of the molecule is CCN(CC)C(N)=NCCc1c(C)[nH]c2ccccc12.I. The monoisotopic (exact) mass is 400 g/mol. The summed E-state index contributed by atoms with van der Waals surface area (Å²) in [5.74, 6) is 0.646. The molecular weight excluding hydrogens is 375 g/mol. The van der Waals surface area contributed by atoms with Gasteiger partial charge in [0.05, 0.1) is 0 Å². The molecule has 0 bridgehead atoms. The van der Waals surface area contributed by atoms with Gasteiger partial charge in [-0.2, -0.15) is 0 Å². The fraction of sp³-hybridized carbons (Fsp3) is 0.438. The molecule has 1 aromatic heterocycles. The number of aromatic nitrogens is 1. The van der Waals surface area contributed by atoms with E-state index in [0.29, 0.717) is 5.96 Å². The summed E-state index contributed by atoms with van der Waals surface area (Å²) in [6, 6.07) is 8.40. The first-order valence-electron chi connectivity index (χ1n) is 7.28. The lowest BCUT2D eigenvalue weighted by Gasteiger charge is -2.19. The summed E-state index contributed by atoms with van der Waals surface area (Å²) in [6.45, 7) is 8.83. The first-order valence-corrected chi connectivity index (χ1v) is 7.28. The van der Waals surface area contributed by atoms with Crippen LogP contribution in [0, 0.1) is 6.92 Å². The molecule has 21 heavy (non-hydrogen) atoms. The van der Waals surface area contributed by atoms with Gasteiger partial charge in [-0.15, -0.1) is 24.0 Å². The predicted molar refractivity (Wildman–Crippen MR) is 102 cm³/mol. The number of benzene rings is 1. The summed E-state index contributed by atoms with van der Waals surface area (Å²) in [4.78, 5) is 9.99. The molecule has 1 heterocycles. The molecule has 2 aromatic rings. The number of nitrogens with two attached hydrogens (primary N) is 1. The number of halogens is 1. The van der Waals surface area contributed by atoms with E-state index in [2.05, 4.69) is 59.9 Å². The van der Waals surface area contributed by atoms with Crippen LogP contribution in [0.15, 0.2) is 29.3 Å². The third-order valence-electron chi connectivity index (χ3n) is 3.75. The lowest BCUT2D eigenvalue weighted by Crippen LogP contribution is -2.37. The molecule has 5 heteroatoms. The Morgan fingerprint density at radius 1 is 1.24 bits per heavy atom. The van der Waals surface area contributed by atoms with Crippen molar-refractivity contribution in [3.63, 3.8) is 0 Å². The molecule has 3 N–H and O–H groups in total. The molecule has 0 atom stereocenters. The summed E-state index contributed by atoms with van der Waals surface area (Å²) >= 11 is 0. The standard InChI is InChI=1S/C16H24N4.HI/c1-4-20(5-2)16(17)18-11-10-13-12(3)19-15-9-7-6-8-14(13)15;/h6-9,19H,4-5,10-11H2,1-3H3,(H2,17,18);1H. The van der Waals surface area contributed by atoms with Crippen molar-refractivity contribution in [3.05, 3.63) is 35.5 Å². The van der Waals surface area contributed by atoms with E-state index < -0.39 is 0 Å². The highest BCUT2D eigenvalue weighted by molar-refractivity contribution is 14.0. The predicted octanol–water partition coefficient (Wildman–Crippen LogP) is 3.29. The molecule has 0 aliphatic heterocycles. The van der Waals surface area contributed by atoms with E-state index in [9.17, 15) is 0 Å². The number of nitrogens with zero attached hydrogens (tertiary/aromatic N) is 2. The van der Waals surface area contributed by atoms with Crippen LogP contribution in [-0.4, -0.2) is 35.5 Å². The Balaban J connectivity index is 0.00000220. The van der Waals surface area contributed by atoms with E-state index in [1.807, 2.05) is 0 Å². The number of hydrogen-bond donors (Lipinski definition) is 2. The van der Waals surface area contributed by atoms with Crippen molar-refractivity contribution < 1.29 is 0 Å². The van der Waals surface area contributed by atoms with Crippen molar-refractivity contribution in [2.24, 2.45) is 10.7 Å². The smallest absolute Gasteiger partial charge is 0.191 e. The van der Waals surface area contributed by atoms with E-state index in [4.69, 9.17) is 5.73 Å². The van der Waals surface area contributed by atoms with Crippen molar-refractivity contribution in [3.8, 4) is 0 Å². The molecule has 0 spiro atoms. The maximum absolute atomic E-state index is 6.00. The Morgan fingerprint density at radius 3 is 2.57 bits per heavy atom. The van der Waals surface area contributed by atoms with Crippen LogP contribution in [0.4, 0.5) is 0 Å². The van der Waals surface area contributed by atoms with Crippen molar-refractivity contribution in [1.82, 2.24) is 9.88 Å². The fourth-order valence-electron chi connectivity index (χ4n) is 2.59. The van der Waals surface area contributed by atoms with Crippen molar-refractivity contribution in [2.45, 2.75) is 27.2 Å². The van der Waals surface area contributed by atoms with Crippen LogP contribution in [-0.2, 0) is 6.42 Å². The van der Waals surface area contributed by atoms with Gasteiger partial charge in [0.25, 0.3) is 0 Å². The van der Waals surface area contributed by atoms with Gasteiger partial charge in [0.15, 0.2) is 5.96 Å². The molecule has 2 rings (SSSR count). The number of guanidine groups is 1. The molecule has 116 valence electrons.